The lowest BCUT2D eigenvalue weighted by Crippen LogP contribution is -2.32. The van der Waals surface area contributed by atoms with E-state index in [2.05, 4.69) is 11.6 Å². The molecule has 184 valence electrons. The molecular weight excluding hydrogens is 477 g/mol. The molecule has 0 atom stereocenters. The van der Waals surface area contributed by atoms with Crippen molar-refractivity contribution in [3.63, 3.8) is 0 Å². The van der Waals surface area contributed by atoms with Gasteiger partial charge in [-0.25, -0.2) is 17.8 Å². The van der Waals surface area contributed by atoms with E-state index in [1.165, 1.54) is 24.4 Å². The van der Waals surface area contributed by atoms with Crippen molar-refractivity contribution < 1.29 is 17.6 Å². The average molecular weight is 504 g/mol. The second-order valence-corrected chi connectivity index (χ2v) is 10.2. The fourth-order valence-corrected chi connectivity index (χ4v) is 5.42. The molecule has 1 amide bonds. The number of imidazole rings is 1. The second kappa shape index (κ2) is 11.1. The fourth-order valence-electron chi connectivity index (χ4n) is 3.92. The van der Waals surface area contributed by atoms with E-state index >= 15 is 0 Å². The summed E-state index contributed by atoms with van der Waals surface area (Å²) in [6.45, 7) is 4.37. The van der Waals surface area contributed by atoms with Crippen LogP contribution in [0.2, 0.25) is 0 Å². The molecule has 1 aromatic heterocycles. The van der Waals surface area contributed by atoms with Crippen LogP contribution in [0.5, 0.6) is 0 Å². The minimum Gasteiger partial charge on any atom is -0.329 e. The van der Waals surface area contributed by atoms with Gasteiger partial charge in [0.15, 0.2) is 0 Å². The third kappa shape index (κ3) is 5.78. The monoisotopic (exact) mass is 503 g/mol. The molecule has 0 radical (unpaired) electrons. The summed E-state index contributed by atoms with van der Waals surface area (Å²) in [7, 11) is -4.00. The zero-order chi connectivity index (χ0) is 25.5. The van der Waals surface area contributed by atoms with Crippen LogP contribution in [0.1, 0.15) is 27.2 Å². The van der Waals surface area contributed by atoms with Crippen LogP contribution >= 0.6 is 0 Å². The van der Waals surface area contributed by atoms with Crippen molar-refractivity contribution in [2.75, 3.05) is 6.54 Å². The van der Waals surface area contributed by atoms with Gasteiger partial charge in [0, 0.05) is 17.7 Å². The highest BCUT2D eigenvalue weighted by atomic mass is 32.2. The number of hydrogen-bond donors (Lipinski definition) is 0. The molecule has 4 aromatic rings. The van der Waals surface area contributed by atoms with E-state index in [4.69, 9.17) is 0 Å². The van der Waals surface area contributed by atoms with Gasteiger partial charge >= 0.3 is 0 Å². The second-order valence-electron chi connectivity index (χ2n) is 8.29. The summed E-state index contributed by atoms with van der Waals surface area (Å²) in [6.07, 6.45) is 3.08. The van der Waals surface area contributed by atoms with Gasteiger partial charge in [0.1, 0.15) is 5.82 Å². The van der Waals surface area contributed by atoms with E-state index in [1.807, 2.05) is 36.4 Å². The Kier molecular flexibility index (Phi) is 7.75. The van der Waals surface area contributed by atoms with Gasteiger partial charge in [-0.2, -0.15) is 0 Å². The lowest BCUT2D eigenvalue weighted by atomic mass is 10.2. The van der Waals surface area contributed by atoms with Crippen molar-refractivity contribution in [2.24, 2.45) is 0 Å². The highest BCUT2D eigenvalue weighted by Crippen LogP contribution is 2.22. The van der Waals surface area contributed by atoms with E-state index in [0.29, 0.717) is 11.3 Å². The summed E-state index contributed by atoms with van der Waals surface area (Å²) in [5, 5.41) is -0.171. The van der Waals surface area contributed by atoms with Gasteiger partial charge in [-0.1, -0.05) is 72.8 Å². The van der Waals surface area contributed by atoms with Crippen molar-refractivity contribution >= 4 is 15.7 Å². The molecule has 0 saturated carbocycles. The maximum absolute atomic E-state index is 14.2. The Hall–Kier alpha value is -4.04. The number of benzene rings is 3. The Morgan fingerprint density at radius 3 is 2.28 bits per heavy atom. The first-order chi connectivity index (χ1) is 17.4. The normalized spacial score (nSPS) is 11.2. The molecule has 0 aliphatic rings. The minimum atomic E-state index is -4.00. The van der Waals surface area contributed by atoms with Gasteiger partial charge in [0.05, 0.1) is 30.7 Å². The lowest BCUT2D eigenvalue weighted by molar-refractivity contribution is 0.0759. The van der Waals surface area contributed by atoms with Gasteiger partial charge in [-0.05, 0) is 23.8 Å². The number of nitrogens with zero attached hydrogens (tertiary/aromatic N) is 3. The number of aromatic nitrogens is 2. The molecule has 8 heteroatoms. The minimum absolute atomic E-state index is 0.0702. The van der Waals surface area contributed by atoms with E-state index in [9.17, 15) is 17.6 Å². The predicted octanol–water partition coefficient (Wildman–Crippen LogP) is 4.87. The fraction of sp³-hybridized carbons (Fsp3) is 0.143. The Bertz CT molecular complexity index is 1450. The quantitative estimate of drug-likeness (QED) is 0.290. The maximum atomic E-state index is 14.2. The first kappa shape index (κ1) is 25.1. The Morgan fingerprint density at radius 2 is 1.61 bits per heavy atom. The number of halogens is 1. The van der Waals surface area contributed by atoms with Crippen molar-refractivity contribution in [2.45, 2.75) is 24.0 Å². The van der Waals surface area contributed by atoms with Crippen molar-refractivity contribution in [1.82, 2.24) is 14.5 Å². The Morgan fingerprint density at radius 1 is 0.972 bits per heavy atom. The number of rotatable bonds is 10. The van der Waals surface area contributed by atoms with Crippen LogP contribution in [0.25, 0.3) is 0 Å². The average Bonchev–Trinajstić information content (AvgIpc) is 3.28. The van der Waals surface area contributed by atoms with Gasteiger partial charge in [0.2, 0.25) is 15.0 Å². The summed E-state index contributed by atoms with van der Waals surface area (Å²) < 4.78 is 42.6. The first-order valence-corrected chi connectivity index (χ1v) is 13.0. The summed E-state index contributed by atoms with van der Waals surface area (Å²) in [4.78, 5) is 19.0. The molecule has 0 spiro atoms. The molecule has 6 nitrogen and oxygen atoms in total. The zero-order valence-electron chi connectivity index (χ0n) is 19.6. The van der Waals surface area contributed by atoms with E-state index in [0.717, 1.165) is 5.56 Å². The molecule has 0 aliphatic heterocycles. The molecule has 0 fully saturated rings. The molecule has 0 bridgehead atoms. The summed E-state index contributed by atoms with van der Waals surface area (Å²) in [5.74, 6) is -1.32. The Balaban J connectivity index is 1.72. The molecular formula is C28H26FN3O3S. The van der Waals surface area contributed by atoms with E-state index < -0.39 is 21.4 Å². The highest BCUT2D eigenvalue weighted by molar-refractivity contribution is 7.90. The SMILES string of the molecule is C=CCN(Cc1cnc(S(=O)(=O)Cc2ccccc2F)n1Cc1ccccc1)C(=O)c1ccccc1. The summed E-state index contributed by atoms with van der Waals surface area (Å²) in [6, 6.07) is 24.0. The molecule has 1 heterocycles. The van der Waals surface area contributed by atoms with Gasteiger partial charge in [-0.15, -0.1) is 6.58 Å². The van der Waals surface area contributed by atoms with E-state index in [-0.39, 0.29) is 36.3 Å². The summed E-state index contributed by atoms with van der Waals surface area (Å²) >= 11 is 0. The van der Waals surface area contributed by atoms with Crippen LogP contribution in [0.15, 0.2) is 109 Å². The van der Waals surface area contributed by atoms with Crippen LogP contribution in [0.3, 0.4) is 0 Å². The number of sulfone groups is 1. The zero-order valence-corrected chi connectivity index (χ0v) is 20.4. The molecule has 4 rings (SSSR count). The molecule has 0 unspecified atom stereocenters. The molecule has 0 N–H and O–H groups in total. The third-order valence-corrected chi connectivity index (χ3v) is 7.25. The largest absolute Gasteiger partial charge is 0.329 e. The third-order valence-electron chi connectivity index (χ3n) is 5.68. The van der Waals surface area contributed by atoms with Crippen molar-refractivity contribution in [3.8, 4) is 0 Å². The van der Waals surface area contributed by atoms with Crippen LogP contribution < -0.4 is 0 Å². The predicted molar refractivity (Wildman–Crippen MR) is 136 cm³/mol. The Labute approximate surface area is 210 Å². The molecule has 0 saturated heterocycles. The van der Waals surface area contributed by atoms with Gasteiger partial charge in [-0.3, -0.25) is 4.79 Å². The number of amides is 1. The number of hydrogen-bond acceptors (Lipinski definition) is 4. The van der Waals surface area contributed by atoms with E-state index in [1.54, 1.807) is 45.9 Å². The van der Waals surface area contributed by atoms with Crippen LogP contribution in [0, 0.1) is 5.82 Å². The maximum Gasteiger partial charge on any atom is 0.254 e. The topological polar surface area (TPSA) is 72.3 Å². The van der Waals surface area contributed by atoms with Crippen LogP contribution in [-0.2, 0) is 28.7 Å². The van der Waals surface area contributed by atoms with Crippen molar-refractivity contribution in [1.29, 1.82) is 0 Å². The smallest absolute Gasteiger partial charge is 0.254 e. The number of carbonyl (C=O) groups is 1. The van der Waals surface area contributed by atoms with Crippen molar-refractivity contribution in [3.05, 3.63) is 132 Å². The van der Waals surface area contributed by atoms with Crippen LogP contribution in [0.4, 0.5) is 4.39 Å². The highest BCUT2D eigenvalue weighted by Gasteiger charge is 2.27. The molecule has 0 aliphatic carbocycles. The lowest BCUT2D eigenvalue weighted by Gasteiger charge is -2.22. The van der Waals surface area contributed by atoms with Crippen LogP contribution in [-0.4, -0.2) is 35.3 Å². The first-order valence-electron chi connectivity index (χ1n) is 11.4. The number of carbonyl (C=O) groups excluding carboxylic acids is 1. The summed E-state index contributed by atoms with van der Waals surface area (Å²) in [5.41, 5.74) is 1.99. The molecule has 36 heavy (non-hydrogen) atoms. The standard InChI is InChI=1S/C28H26FN3O3S/c1-2-17-31(27(33)23-13-7-4-8-14-23)20-25-18-30-28(32(25)19-22-11-5-3-6-12-22)36(34,35)21-24-15-9-10-16-26(24)29/h2-16,18H,1,17,19-21H2. The van der Waals surface area contributed by atoms with Gasteiger partial charge in [0.25, 0.3) is 5.91 Å². The van der Waals surface area contributed by atoms with Gasteiger partial charge < -0.3 is 9.47 Å². The molecule has 3 aromatic carbocycles.